The maximum Gasteiger partial charge on any atom is 0.220 e. The summed E-state index contributed by atoms with van der Waals surface area (Å²) in [6.45, 7) is 1.40. The minimum Gasteiger partial charge on any atom is -0.493 e. The summed E-state index contributed by atoms with van der Waals surface area (Å²) in [5.41, 5.74) is 1.24. The number of carbonyl (C=O) groups is 1. The van der Waals surface area contributed by atoms with Crippen molar-refractivity contribution in [2.24, 2.45) is 5.92 Å². The zero-order valence-electron chi connectivity index (χ0n) is 10.6. The van der Waals surface area contributed by atoms with Crippen LogP contribution < -0.4 is 10.1 Å². The predicted octanol–water partition coefficient (Wildman–Crippen LogP) is 2.11. The van der Waals surface area contributed by atoms with Gasteiger partial charge in [-0.3, -0.25) is 4.79 Å². The van der Waals surface area contributed by atoms with Crippen molar-refractivity contribution in [2.45, 2.75) is 12.8 Å². The number of amides is 1. The largest absolute Gasteiger partial charge is 0.493 e. The molecule has 0 bridgehead atoms. The third-order valence-electron chi connectivity index (χ3n) is 3.08. The summed E-state index contributed by atoms with van der Waals surface area (Å²) in [5, 5.41) is 2.99. The summed E-state index contributed by atoms with van der Waals surface area (Å²) in [6, 6.07) is 8.12. The van der Waals surface area contributed by atoms with Crippen LogP contribution in [-0.4, -0.2) is 31.1 Å². The first-order chi connectivity index (χ1) is 8.79. The molecule has 1 N–H and O–H groups in total. The quantitative estimate of drug-likeness (QED) is 0.886. The zero-order valence-corrected chi connectivity index (χ0v) is 11.5. The van der Waals surface area contributed by atoms with Gasteiger partial charge in [-0.25, -0.2) is 0 Å². The van der Waals surface area contributed by atoms with Crippen molar-refractivity contribution in [3.05, 3.63) is 29.8 Å². The van der Waals surface area contributed by atoms with E-state index < -0.39 is 0 Å². The van der Waals surface area contributed by atoms with Crippen LogP contribution in [0.4, 0.5) is 0 Å². The summed E-state index contributed by atoms with van der Waals surface area (Å²) < 4.78 is 5.69. The van der Waals surface area contributed by atoms with Crippen LogP contribution in [-0.2, 0) is 11.2 Å². The van der Waals surface area contributed by atoms with Crippen LogP contribution in [0.2, 0.25) is 0 Å². The van der Waals surface area contributed by atoms with Crippen LogP contribution in [0.25, 0.3) is 0 Å². The van der Waals surface area contributed by atoms with Crippen LogP contribution >= 0.6 is 11.8 Å². The van der Waals surface area contributed by atoms with Crippen LogP contribution in [0.5, 0.6) is 5.75 Å². The molecule has 0 fully saturated rings. The SMILES string of the molecule is CSCCC(=O)NC[C@H]1COc2ccccc2C1. The monoisotopic (exact) mass is 265 g/mol. The normalized spacial score (nSPS) is 17.7. The van der Waals surface area contributed by atoms with Gasteiger partial charge in [0, 0.05) is 24.6 Å². The first-order valence-corrected chi connectivity index (χ1v) is 7.65. The van der Waals surface area contributed by atoms with Crippen molar-refractivity contribution in [3.63, 3.8) is 0 Å². The van der Waals surface area contributed by atoms with Crippen molar-refractivity contribution < 1.29 is 9.53 Å². The summed E-state index contributed by atoms with van der Waals surface area (Å²) in [5.74, 6) is 2.40. The number of fused-ring (bicyclic) bond motifs is 1. The minimum atomic E-state index is 0.142. The molecule has 0 radical (unpaired) electrons. The maximum absolute atomic E-state index is 11.5. The Morgan fingerprint density at radius 2 is 2.33 bits per heavy atom. The lowest BCUT2D eigenvalue weighted by atomic mass is 9.97. The number of carbonyl (C=O) groups excluding carboxylic acids is 1. The number of nitrogens with one attached hydrogen (secondary N) is 1. The summed E-state index contributed by atoms with van der Waals surface area (Å²) in [7, 11) is 0. The number of rotatable bonds is 5. The minimum absolute atomic E-state index is 0.142. The van der Waals surface area contributed by atoms with E-state index in [0.29, 0.717) is 25.5 Å². The average molecular weight is 265 g/mol. The lowest BCUT2D eigenvalue weighted by Crippen LogP contribution is -2.34. The Kier molecular flexibility index (Phi) is 4.93. The van der Waals surface area contributed by atoms with Crippen molar-refractivity contribution >= 4 is 17.7 Å². The van der Waals surface area contributed by atoms with Crippen LogP contribution in [0.3, 0.4) is 0 Å². The molecule has 0 saturated carbocycles. The van der Waals surface area contributed by atoms with E-state index in [-0.39, 0.29) is 5.91 Å². The highest BCUT2D eigenvalue weighted by atomic mass is 32.2. The third kappa shape index (κ3) is 3.67. The van der Waals surface area contributed by atoms with E-state index in [9.17, 15) is 4.79 Å². The molecule has 1 aliphatic rings. The molecule has 2 rings (SSSR count). The van der Waals surface area contributed by atoms with E-state index >= 15 is 0 Å². The first kappa shape index (κ1) is 13.3. The zero-order chi connectivity index (χ0) is 12.8. The van der Waals surface area contributed by atoms with Crippen molar-refractivity contribution in [1.82, 2.24) is 5.32 Å². The van der Waals surface area contributed by atoms with E-state index in [1.807, 2.05) is 24.5 Å². The van der Waals surface area contributed by atoms with Crippen LogP contribution in [0.15, 0.2) is 24.3 Å². The van der Waals surface area contributed by atoms with Crippen molar-refractivity contribution in [1.29, 1.82) is 0 Å². The second-order valence-electron chi connectivity index (χ2n) is 4.54. The van der Waals surface area contributed by atoms with Gasteiger partial charge in [0.2, 0.25) is 5.91 Å². The van der Waals surface area contributed by atoms with Gasteiger partial charge in [-0.05, 0) is 24.3 Å². The van der Waals surface area contributed by atoms with Gasteiger partial charge in [-0.1, -0.05) is 18.2 Å². The fraction of sp³-hybridized carbons (Fsp3) is 0.500. The number of thioether (sulfide) groups is 1. The van der Waals surface area contributed by atoms with E-state index in [0.717, 1.165) is 17.9 Å². The molecule has 18 heavy (non-hydrogen) atoms. The Labute approximate surface area is 112 Å². The molecule has 0 aromatic heterocycles. The van der Waals surface area contributed by atoms with Gasteiger partial charge < -0.3 is 10.1 Å². The van der Waals surface area contributed by atoms with E-state index in [4.69, 9.17) is 4.74 Å². The van der Waals surface area contributed by atoms with E-state index in [1.54, 1.807) is 11.8 Å². The first-order valence-electron chi connectivity index (χ1n) is 6.26. The average Bonchev–Trinajstić information content (AvgIpc) is 2.42. The summed E-state index contributed by atoms with van der Waals surface area (Å²) in [4.78, 5) is 11.5. The molecule has 1 heterocycles. The Bertz CT molecular complexity index is 409. The number of hydrogen-bond donors (Lipinski definition) is 1. The Hall–Kier alpha value is -1.16. The number of hydrogen-bond acceptors (Lipinski definition) is 3. The number of ether oxygens (including phenoxy) is 1. The van der Waals surface area contributed by atoms with E-state index in [2.05, 4.69) is 11.4 Å². The van der Waals surface area contributed by atoms with Crippen molar-refractivity contribution in [3.8, 4) is 5.75 Å². The molecule has 0 unspecified atom stereocenters. The fourth-order valence-corrected chi connectivity index (χ4v) is 2.45. The molecule has 98 valence electrons. The lowest BCUT2D eigenvalue weighted by molar-refractivity contribution is -0.120. The Balaban J connectivity index is 1.78. The smallest absolute Gasteiger partial charge is 0.220 e. The molecule has 1 aromatic rings. The Morgan fingerprint density at radius 1 is 1.50 bits per heavy atom. The number of para-hydroxylation sites is 1. The lowest BCUT2D eigenvalue weighted by Gasteiger charge is -2.25. The van der Waals surface area contributed by atoms with Crippen LogP contribution in [0.1, 0.15) is 12.0 Å². The maximum atomic E-state index is 11.5. The van der Waals surface area contributed by atoms with Gasteiger partial charge >= 0.3 is 0 Å². The number of benzene rings is 1. The molecule has 3 nitrogen and oxygen atoms in total. The third-order valence-corrected chi connectivity index (χ3v) is 3.69. The molecule has 0 aliphatic carbocycles. The fourth-order valence-electron chi connectivity index (χ4n) is 2.06. The Morgan fingerprint density at radius 3 is 3.17 bits per heavy atom. The van der Waals surface area contributed by atoms with Crippen LogP contribution in [0, 0.1) is 5.92 Å². The second kappa shape index (κ2) is 6.69. The molecule has 1 amide bonds. The second-order valence-corrected chi connectivity index (χ2v) is 5.52. The van der Waals surface area contributed by atoms with Gasteiger partial charge in [-0.2, -0.15) is 11.8 Å². The van der Waals surface area contributed by atoms with E-state index in [1.165, 1.54) is 5.56 Å². The molecule has 4 heteroatoms. The molecule has 1 aliphatic heterocycles. The summed E-state index contributed by atoms with van der Waals surface area (Å²) in [6.07, 6.45) is 3.60. The standard InChI is InChI=1S/C14H19NO2S/c1-18-7-6-14(16)15-9-11-8-12-4-2-3-5-13(12)17-10-11/h2-5,11H,6-10H2,1H3,(H,15,16)/t11-/m0/s1. The summed E-state index contributed by atoms with van der Waals surface area (Å²) >= 11 is 1.70. The van der Waals surface area contributed by atoms with Gasteiger partial charge in [0.1, 0.15) is 5.75 Å². The van der Waals surface area contributed by atoms with Gasteiger partial charge in [0.25, 0.3) is 0 Å². The molecular weight excluding hydrogens is 246 g/mol. The molecule has 0 saturated heterocycles. The predicted molar refractivity (Wildman–Crippen MR) is 75.1 cm³/mol. The van der Waals surface area contributed by atoms with Gasteiger partial charge in [-0.15, -0.1) is 0 Å². The van der Waals surface area contributed by atoms with Gasteiger partial charge in [0.05, 0.1) is 6.61 Å². The topological polar surface area (TPSA) is 38.3 Å². The highest BCUT2D eigenvalue weighted by Gasteiger charge is 2.19. The molecule has 1 atom stereocenters. The van der Waals surface area contributed by atoms with Crippen molar-refractivity contribution in [2.75, 3.05) is 25.2 Å². The molecule has 1 aromatic carbocycles. The molecular formula is C14H19NO2S. The molecule has 0 spiro atoms. The highest BCUT2D eigenvalue weighted by Crippen LogP contribution is 2.26. The highest BCUT2D eigenvalue weighted by molar-refractivity contribution is 7.98. The van der Waals surface area contributed by atoms with Gasteiger partial charge in [0.15, 0.2) is 0 Å².